The fourth-order valence-electron chi connectivity index (χ4n) is 8.58. The van der Waals surface area contributed by atoms with Crippen LogP contribution in [-0.4, -0.2) is 9.97 Å². The van der Waals surface area contributed by atoms with Crippen molar-refractivity contribution < 1.29 is 0 Å². The summed E-state index contributed by atoms with van der Waals surface area (Å²) >= 11 is 0. The van der Waals surface area contributed by atoms with E-state index in [9.17, 15) is 0 Å². The van der Waals surface area contributed by atoms with Crippen molar-refractivity contribution >= 4 is 21.5 Å². The summed E-state index contributed by atoms with van der Waals surface area (Å²) in [6.45, 7) is 4.71. The van der Waals surface area contributed by atoms with E-state index in [1.54, 1.807) is 0 Å². The van der Waals surface area contributed by atoms with Gasteiger partial charge in [-0.15, -0.1) is 0 Å². The largest absolute Gasteiger partial charge is 0.228 e. The van der Waals surface area contributed by atoms with E-state index in [2.05, 4.69) is 178 Å². The molecule has 0 fully saturated rings. The molecule has 0 radical (unpaired) electrons. The van der Waals surface area contributed by atoms with Gasteiger partial charge < -0.3 is 0 Å². The molecule has 250 valence electrons. The molecule has 2 heteroatoms. The van der Waals surface area contributed by atoms with E-state index in [1.807, 2.05) is 18.2 Å². The minimum Gasteiger partial charge on any atom is -0.228 e. The van der Waals surface area contributed by atoms with Crippen molar-refractivity contribution in [2.24, 2.45) is 0 Å². The fraction of sp³-hybridized carbons (Fsp3) is 0.0588. The standard InChI is InChI=1S/C51H36N2/c1-51(2)46-25-11-10-21-42(46)45-24-13-22-39(49(45)51)35-28-26-34(27-29-35)38-30-31-44(41-20-9-8-19-40(38)41)48-32-47(52-50(53-48)36-15-4-3-5-16-36)43-23-12-17-33-14-6-7-18-37(33)43/h3-32H,1-2H3. The molecule has 0 bridgehead atoms. The average Bonchev–Trinajstić information content (AvgIpc) is 3.46. The summed E-state index contributed by atoms with van der Waals surface area (Å²) < 4.78 is 0. The van der Waals surface area contributed by atoms with Crippen LogP contribution < -0.4 is 0 Å². The Labute approximate surface area is 310 Å². The maximum absolute atomic E-state index is 5.22. The van der Waals surface area contributed by atoms with E-state index in [0.717, 1.165) is 33.5 Å². The van der Waals surface area contributed by atoms with E-state index in [0.29, 0.717) is 5.82 Å². The Bertz CT molecular complexity index is 2840. The average molecular weight is 677 g/mol. The summed E-state index contributed by atoms with van der Waals surface area (Å²) in [7, 11) is 0. The zero-order chi connectivity index (χ0) is 35.5. The molecule has 0 amide bonds. The topological polar surface area (TPSA) is 25.8 Å². The highest BCUT2D eigenvalue weighted by Gasteiger charge is 2.37. The van der Waals surface area contributed by atoms with E-state index in [-0.39, 0.29) is 5.41 Å². The maximum atomic E-state index is 5.22. The van der Waals surface area contributed by atoms with Crippen LogP contribution in [0.25, 0.3) is 88.8 Å². The third-order valence-corrected chi connectivity index (χ3v) is 11.1. The number of hydrogen-bond acceptors (Lipinski definition) is 2. The normalized spacial score (nSPS) is 12.9. The Balaban J connectivity index is 1.09. The Morgan fingerprint density at radius 1 is 0.358 bits per heavy atom. The Morgan fingerprint density at radius 2 is 0.868 bits per heavy atom. The van der Waals surface area contributed by atoms with Gasteiger partial charge in [0.25, 0.3) is 0 Å². The summed E-state index contributed by atoms with van der Waals surface area (Å²) in [5.41, 5.74) is 15.4. The van der Waals surface area contributed by atoms with Crippen molar-refractivity contribution in [2.45, 2.75) is 19.3 Å². The van der Waals surface area contributed by atoms with Crippen LogP contribution in [0.15, 0.2) is 182 Å². The first-order valence-electron chi connectivity index (χ1n) is 18.3. The van der Waals surface area contributed by atoms with Gasteiger partial charge in [-0.25, -0.2) is 9.97 Å². The van der Waals surface area contributed by atoms with E-state index >= 15 is 0 Å². The molecule has 0 saturated carbocycles. The van der Waals surface area contributed by atoms with Gasteiger partial charge in [0.15, 0.2) is 5.82 Å². The Kier molecular flexibility index (Phi) is 7.19. The van der Waals surface area contributed by atoms with E-state index in [4.69, 9.17) is 9.97 Å². The zero-order valence-electron chi connectivity index (χ0n) is 29.7. The van der Waals surface area contributed by atoms with Gasteiger partial charge in [0.05, 0.1) is 11.4 Å². The zero-order valence-corrected chi connectivity index (χ0v) is 29.7. The third-order valence-electron chi connectivity index (χ3n) is 11.1. The molecule has 0 saturated heterocycles. The van der Waals surface area contributed by atoms with Crippen molar-refractivity contribution in [2.75, 3.05) is 0 Å². The van der Waals surface area contributed by atoms with Gasteiger partial charge >= 0.3 is 0 Å². The first kappa shape index (κ1) is 31.1. The molecule has 0 N–H and O–H groups in total. The SMILES string of the molecule is CC1(C)c2ccccc2-c2cccc(-c3ccc(-c4ccc(-c5cc(-c6cccc7ccccc67)nc(-c6ccccc6)n5)c5ccccc45)cc3)c21. The van der Waals surface area contributed by atoms with Gasteiger partial charge in [-0.3, -0.25) is 0 Å². The van der Waals surface area contributed by atoms with Crippen LogP contribution in [0.2, 0.25) is 0 Å². The van der Waals surface area contributed by atoms with Gasteiger partial charge in [0.1, 0.15) is 0 Å². The molecule has 2 nitrogen and oxygen atoms in total. The Hall–Kier alpha value is -6.64. The summed E-state index contributed by atoms with van der Waals surface area (Å²) in [5.74, 6) is 0.716. The molecule has 1 heterocycles. The first-order chi connectivity index (χ1) is 26.0. The summed E-state index contributed by atoms with van der Waals surface area (Å²) in [6, 6.07) is 65.4. The number of aromatic nitrogens is 2. The van der Waals surface area contributed by atoms with Crippen molar-refractivity contribution in [3.63, 3.8) is 0 Å². The lowest BCUT2D eigenvalue weighted by atomic mass is 9.79. The molecule has 0 atom stereocenters. The quantitative estimate of drug-likeness (QED) is 0.181. The van der Waals surface area contributed by atoms with Gasteiger partial charge in [-0.05, 0) is 72.1 Å². The molecule has 10 rings (SSSR count). The number of nitrogens with zero attached hydrogens (tertiary/aromatic N) is 2. The van der Waals surface area contributed by atoms with Gasteiger partial charge in [-0.2, -0.15) is 0 Å². The minimum atomic E-state index is -0.0674. The monoisotopic (exact) mass is 676 g/mol. The molecule has 0 spiro atoms. The number of hydrogen-bond donors (Lipinski definition) is 0. The van der Waals surface area contributed by atoms with Gasteiger partial charge in [-0.1, -0.05) is 190 Å². The third kappa shape index (κ3) is 5.10. The molecular formula is C51H36N2. The smallest absolute Gasteiger partial charge is 0.160 e. The van der Waals surface area contributed by atoms with Crippen molar-refractivity contribution in [3.8, 4) is 67.3 Å². The first-order valence-corrected chi connectivity index (χ1v) is 18.3. The summed E-state index contributed by atoms with van der Waals surface area (Å²) in [4.78, 5) is 10.4. The second-order valence-corrected chi connectivity index (χ2v) is 14.5. The molecule has 8 aromatic carbocycles. The van der Waals surface area contributed by atoms with Crippen LogP contribution >= 0.6 is 0 Å². The molecule has 0 aliphatic heterocycles. The lowest BCUT2D eigenvalue weighted by molar-refractivity contribution is 0.662. The van der Waals surface area contributed by atoms with Crippen LogP contribution in [0.3, 0.4) is 0 Å². The fourth-order valence-corrected chi connectivity index (χ4v) is 8.58. The van der Waals surface area contributed by atoms with Crippen LogP contribution in [0.5, 0.6) is 0 Å². The summed E-state index contributed by atoms with van der Waals surface area (Å²) in [5, 5.41) is 4.73. The van der Waals surface area contributed by atoms with Crippen molar-refractivity contribution in [1.82, 2.24) is 9.97 Å². The predicted octanol–water partition coefficient (Wildman–Crippen LogP) is 13.4. The second kappa shape index (κ2) is 12.3. The van der Waals surface area contributed by atoms with Crippen LogP contribution in [-0.2, 0) is 5.41 Å². The van der Waals surface area contributed by atoms with Crippen LogP contribution in [0.1, 0.15) is 25.0 Å². The van der Waals surface area contributed by atoms with E-state index < -0.39 is 0 Å². The van der Waals surface area contributed by atoms with Crippen molar-refractivity contribution in [3.05, 3.63) is 193 Å². The summed E-state index contributed by atoms with van der Waals surface area (Å²) in [6.07, 6.45) is 0. The number of benzene rings is 8. The second-order valence-electron chi connectivity index (χ2n) is 14.5. The molecule has 1 aliphatic rings. The maximum Gasteiger partial charge on any atom is 0.160 e. The van der Waals surface area contributed by atoms with Crippen molar-refractivity contribution in [1.29, 1.82) is 0 Å². The molecule has 9 aromatic rings. The molecule has 1 aliphatic carbocycles. The number of fused-ring (bicyclic) bond motifs is 5. The number of rotatable bonds is 5. The lowest BCUT2D eigenvalue weighted by Gasteiger charge is -2.24. The molecule has 53 heavy (non-hydrogen) atoms. The highest BCUT2D eigenvalue weighted by atomic mass is 14.9. The minimum absolute atomic E-state index is 0.0674. The molecular weight excluding hydrogens is 641 g/mol. The highest BCUT2D eigenvalue weighted by Crippen LogP contribution is 2.52. The predicted molar refractivity (Wildman–Crippen MR) is 222 cm³/mol. The highest BCUT2D eigenvalue weighted by molar-refractivity contribution is 6.05. The molecule has 0 unspecified atom stereocenters. The Morgan fingerprint density at radius 3 is 1.64 bits per heavy atom. The van der Waals surface area contributed by atoms with Crippen LogP contribution in [0, 0.1) is 0 Å². The lowest BCUT2D eigenvalue weighted by Crippen LogP contribution is -2.16. The van der Waals surface area contributed by atoms with Gasteiger partial charge in [0.2, 0.25) is 0 Å². The van der Waals surface area contributed by atoms with E-state index in [1.165, 1.54) is 60.7 Å². The van der Waals surface area contributed by atoms with Gasteiger partial charge in [0, 0.05) is 22.1 Å². The van der Waals surface area contributed by atoms with Crippen LogP contribution in [0.4, 0.5) is 0 Å². The molecule has 1 aromatic heterocycles.